The van der Waals surface area contributed by atoms with Gasteiger partial charge in [0.25, 0.3) is 10.0 Å². The summed E-state index contributed by atoms with van der Waals surface area (Å²) in [6.45, 7) is 1.52. The largest absolute Gasteiger partial charge is 0.493 e. The lowest BCUT2D eigenvalue weighted by molar-refractivity contribution is -0.119. The summed E-state index contributed by atoms with van der Waals surface area (Å²) in [6, 6.07) is 16.7. The van der Waals surface area contributed by atoms with Gasteiger partial charge in [0, 0.05) is 12.6 Å². The zero-order valence-electron chi connectivity index (χ0n) is 18.5. The third kappa shape index (κ3) is 5.81. The molecule has 1 N–H and O–H groups in total. The predicted molar refractivity (Wildman–Crippen MR) is 124 cm³/mol. The van der Waals surface area contributed by atoms with E-state index in [0.717, 1.165) is 9.87 Å². The number of sulfonamides is 1. The minimum atomic E-state index is -4.07. The smallest absolute Gasteiger partial charge is 0.264 e. The molecule has 1 amide bonds. The Morgan fingerprint density at radius 2 is 1.58 bits per heavy atom. The van der Waals surface area contributed by atoms with Crippen LogP contribution in [0.15, 0.2) is 71.6 Å². The number of benzene rings is 3. The molecule has 33 heavy (non-hydrogen) atoms. The molecule has 0 radical (unpaired) electrons. The number of hydrogen-bond donors (Lipinski definition) is 1. The lowest BCUT2D eigenvalue weighted by atomic mass is 10.2. The molecular weight excluding hydrogens is 447 g/mol. The second-order valence-corrected chi connectivity index (χ2v) is 9.13. The summed E-state index contributed by atoms with van der Waals surface area (Å²) >= 11 is 0. The molecule has 0 saturated heterocycles. The van der Waals surface area contributed by atoms with Crippen LogP contribution in [0.1, 0.15) is 11.1 Å². The number of carbonyl (C=O) groups is 1. The van der Waals surface area contributed by atoms with Gasteiger partial charge in [-0.05, 0) is 48.9 Å². The third-order valence-electron chi connectivity index (χ3n) is 4.95. The number of nitrogens with zero attached hydrogens (tertiary/aromatic N) is 1. The van der Waals surface area contributed by atoms with E-state index in [1.807, 2.05) is 6.92 Å². The maximum atomic E-state index is 13.5. The average molecular weight is 473 g/mol. The topological polar surface area (TPSA) is 84.9 Å². The van der Waals surface area contributed by atoms with E-state index in [4.69, 9.17) is 9.47 Å². The first-order valence-electron chi connectivity index (χ1n) is 10.1. The molecule has 7 nitrogen and oxygen atoms in total. The number of amides is 1. The normalized spacial score (nSPS) is 11.0. The average Bonchev–Trinajstić information content (AvgIpc) is 2.82. The van der Waals surface area contributed by atoms with Crippen molar-refractivity contribution in [2.75, 3.05) is 25.1 Å². The molecule has 3 aromatic rings. The number of aryl methyl sites for hydroxylation is 1. The lowest BCUT2D eigenvalue weighted by Gasteiger charge is -2.25. The van der Waals surface area contributed by atoms with Gasteiger partial charge in [0.05, 0.1) is 24.8 Å². The Morgan fingerprint density at radius 1 is 0.939 bits per heavy atom. The highest BCUT2D eigenvalue weighted by atomic mass is 32.2. The molecule has 0 spiro atoms. The first-order chi connectivity index (χ1) is 15.7. The summed E-state index contributed by atoms with van der Waals surface area (Å²) < 4.78 is 51.6. The molecule has 0 aromatic heterocycles. The van der Waals surface area contributed by atoms with Crippen molar-refractivity contribution in [3.05, 3.63) is 83.7 Å². The maximum Gasteiger partial charge on any atom is 0.264 e. The van der Waals surface area contributed by atoms with Gasteiger partial charge in [0.15, 0.2) is 11.5 Å². The molecule has 3 aromatic carbocycles. The Labute approximate surface area is 192 Å². The van der Waals surface area contributed by atoms with Crippen LogP contribution in [0.25, 0.3) is 0 Å². The second-order valence-electron chi connectivity index (χ2n) is 7.27. The maximum absolute atomic E-state index is 13.5. The van der Waals surface area contributed by atoms with E-state index in [2.05, 4.69) is 5.32 Å². The van der Waals surface area contributed by atoms with E-state index >= 15 is 0 Å². The van der Waals surface area contributed by atoms with E-state index in [0.29, 0.717) is 17.1 Å². The Kier molecular flexibility index (Phi) is 7.55. The van der Waals surface area contributed by atoms with Crippen LogP contribution in [0.3, 0.4) is 0 Å². The molecule has 0 bridgehead atoms. The van der Waals surface area contributed by atoms with Gasteiger partial charge in [-0.1, -0.05) is 29.8 Å². The second kappa shape index (κ2) is 10.4. The van der Waals surface area contributed by atoms with E-state index in [1.54, 1.807) is 36.4 Å². The highest BCUT2D eigenvalue weighted by Gasteiger charge is 2.28. The molecule has 0 saturated carbocycles. The fourth-order valence-corrected chi connectivity index (χ4v) is 4.53. The van der Waals surface area contributed by atoms with E-state index < -0.39 is 22.5 Å². The van der Waals surface area contributed by atoms with Gasteiger partial charge in [-0.15, -0.1) is 0 Å². The van der Waals surface area contributed by atoms with Crippen molar-refractivity contribution in [3.8, 4) is 11.5 Å². The van der Waals surface area contributed by atoms with Crippen LogP contribution >= 0.6 is 0 Å². The molecular formula is C24H25FN2O5S. The number of rotatable bonds is 9. The van der Waals surface area contributed by atoms with Gasteiger partial charge >= 0.3 is 0 Å². The fourth-order valence-electron chi connectivity index (χ4n) is 3.12. The van der Waals surface area contributed by atoms with Crippen LogP contribution in [-0.2, 0) is 21.4 Å². The predicted octanol–water partition coefficient (Wildman–Crippen LogP) is 3.66. The van der Waals surface area contributed by atoms with Crippen molar-refractivity contribution in [3.63, 3.8) is 0 Å². The standard InChI is InChI=1S/C24H25FN2O5S/c1-17-4-11-21(12-5-17)33(29,30)27(20-10-13-22(31-2)23(14-20)32-3)16-24(28)26-15-18-6-8-19(25)9-7-18/h4-14H,15-16H2,1-3H3,(H,26,28). The van der Waals surface area contributed by atoms with Crippen molar-refractivity contribution in [1.29, 1.82) is 0 Å². The summed E-state index contributed by atoms with van der Waals surface area (Å²) in [5, 5.41) is 2.68. The summed E-state index contributed by atoms with van der Waals surface area (Å²) in [5.41, 5.74) is 1.83. The van der Waals surface area contributed by atoms with Gasteiger partial charge in [0.1, 0.15) is 12.4 Å². The molecule has 174 valence electrons. The Bertz CT molecular complexity index is 1210. The molecule has 0 aliphatic heterocycles. The van der Waals surface area contributed by atoms with Crippen LogP contribution in [0.4, 0.5) is 10.1 Å². The number of ether oxygens (including phenoxy) is 2. The van der Waals surface area contributed by atoms with Crippen LogP contribution < -0.4 is 19.1 Å². The van der Waals surface area contributed by atoms with Gasteiger partial charge < -0.3 is 14.8 Å². The summed E-state index contributed by atoms with van der Waals surface area (Å²) in [5.74, 6) is -0.154. The van der Waals surface area contributed by atoms with Crippen LogP contribution in [0.2, 0.25) is 0 Å². The van der Waals surface area contributed by atoms with Crippen LogP contribution in [-0.4, -0.2) is 35.1 Å². The van der Waals surface area contributed by atoms with E-state index in [-0.39, 0.29) is 22.9 Å². The number of anilines is 1. The molecule has 0 heterocycles. The molecule has 0 atom stereocenters. The van der Waals surface area contributed by atoms with Crippen LogP contribution in [0, 0.1) is 12.7 Å². The minimum Gasteiger partial charge on any atom is -0.493 e. The zero-order chi connectivity index (χ0) is 24.0. The highest BCUT2D eigenvalue weighted by Crippen LogP contribution is 2.33. The fraction of sp³-hybridized carbons (Fsp3) is 0.208. The molecule has 0 aliphatic rings. The molecule has 9 heteroatoms. The summed E-state index contributed by atoms with van der Waals surface area (Å²) in [7, 11) is -1.16. The Morgan fingerprint density at radius 3 is 2.18 bits per heavy atom. The summed E-state index contributed by atoms with van der Waals surface area (Å²) in [4.78, 5) is 12.8. The van der Waals surface area contributed by atoms with Crippen molar-refractivity contribution < 1.29 is 27.1 Å². The van der Waals surface area contributed by atoms with E-state index in [1.165, 1.54) is 44.6 Å². The zero-order valence-corrected chi connectivity index (χ0v) is 19.4. The quantitative estimate of drug-likeness (QED) is 0.514. The first-order valence-corrected chi connectivity index (χ1v) is 11.5. The van der Waals surface area contributed by atoms with Gasteiger partial charge in [0.2, 0.25) is 5.91 Å². The SMILES string of the molecule is COc1ccc(N(CC(=O)NCc2ccc(F)cc2)S(=O)(=O)c2ccc(C)cc2)cc1OC. The van der Waals surface area contributed by atoms with Crippen molar-refractivity contribution in [2.24, 2.45) is 0 Å². The van der Waals surface area contributed by atoms with Crippen molar-refractivity contribution in [2.45, 2.75) is 18.4 Å². The molecule has 0 fully saturated rings. The van der Waals surface area contributed by atoms with Gasteiger partial charge in [-0.2, -0.15) is 0 Å². The summed E-state index contributed by atoms with van der Waals surface area (Å²) in [6.07, 6.45) is 0. The van der Waals surface area contributed by atoms with Gasteiger partial charge in [-0.25, -0.2) is 12.8 Å². The number of halogens is 1. The number of methoxy groups -OCH3 is 2. The number of hydrogen-bond acceptors (Lipinski definition) is 5. The molecule has 3 rings (SSSR count). The van der Waals surface area contributed by atoms with Crippen molar-refractivity contribution >= 4 is 21.6 Å². The highest BCUT2D eigenvalue weighted by molar-refractivity contribution is 7.92. The van der Waals surface area contributed by atoms with Gasteiger partial charge in [-0.3, -0.25) is 9.10 Å². The minimum absolute atomic E-state index is 0.0502. The molecule has 0 unspecified atom stereocenters. The Hall–Kier alpha value is -3.59. The van der Waals surface area contributed by atoms with Crippen molar-refractivity contribution in [1.82, 2.24) is 5.32 Å². The molecule has 0 aliphatic carbocycles. The first kappa shape index (κ1) is 24.1. The lowest BCUT2D eigenvalue weighted by Crippen LogP contribution is -2.40. The number of carbonyl (C=O) groups excluding carboxylic acids is 1. The monoisotopic (exact) mass is 472 g/mol. The third-order valence-corrected chi connectivity index (χ3v) is 6.74. The Balaban J connectivity index is 1.92. The van der Waals surface area contributed by atoms with E-state index in [9.17, 15) is 17.6 Å². The van der Waals surface area contributed by atoms with Crippen LogP contribution in [0.5, 0.6) is 11.5 Å². The number of nitrogens with one attached hydrogen (secondary N) is 1.